The molecular weight excluding hydrogens is 376 g/mol. The van der Waals surface area contributed by atoms with Crippen molar-refractivity contribution in [1.29, 1.82) is 0 Å². The van der Waals surface area contributed by atoms with E-state index in [-0.39, 0.29) is 17.0 Å². The lowest BCUT2D eigenvalue weighted by molar-refractivity contribution is -1.09. The molecule has 2 spiro atoms. The summed E-state index contributed by atoms with van der Waals surface area (Å²) in [6, 6.07) is 0. The highest BCUT2D eigenvalue weighted by atomic mass is 79.9. The summed E-state index contributed by atoms with van der Waals surface area (Å²) in [6.07, 6.45) is 0. The third-order valence-corrected chi connectivity index (χ3v) is 8.98. The van der Waals surface area contributed by atoms with E-state index in [1.807, 2.05) is 0 Å². The van der Waals surface area contributed by atoms with Gasteiger partial charge in [-0.3, -0.25) is 0 Å². The number of nitrogens with zero attached hydrogens (tertiary/aromatic N) is 4. The molecule has 3 aliphatic rings. The molecule has 0 bridgehead atoms. The van der Waals surface area contributed by atoms with Crippen molar-refractivity contribution in [3.8, 4) is 0 Å². The normalized spacial score (nSPS) is 29.3. The van der Waals surface area contributed by atoms with Gasteiger partial charge in [0.1, 0.15) is 78.5 Å². The molecule has 0 aliphatic carbocycles. The average Bonchev–Trinajstić information content (AvgIpc) is 2.67. The minimum absolute atomic E-state index is 0. The summed E-state index contributed by atoms with van der Waals surface area (Å²) in [5.74, 6) is 0. The zero-order chi connectivity index (χ0) is 17.3. The van der Waals surface area contributed by atoms with E-state index in [1.54, 1.807) is 0 Å². The third kappa shape index (κ3) is 4.11. The van der Waals surface area contributed by atoms with Gasteiger partial charge in [0.25, 0.3) is 0 Å². The summed E-state index contributed by atoms with van der Waals surface area (Å²) < 4.78 is 5.68. The van der Waals surface area contributed by atoms with Crippen LogP contribution in [0.15, 0.2) is 0 Å². The molecule has 3 aliphatic heterocycles. The van der Waals surface area contributed by atoms with Crippen LogP contribution in [0.5, 0.6) is 0 Å². The predicted octanol–water partition coefficient (Wildman–Crippen LogP) is -1.62. The lowest BCUT2D eigenvalue weighted by Gasteiger charge is -2.56. The fourth-order valence-corrected chi connectivity index (χ4v) is 5.82. The van der Waals surface area contributed by atoms with Gasteiger partial charge in [0.15, 0.2) is 0 Å². The van der Waals surface area contributed by atoms with Crippen LogP contribution < -0.4 is 17.0 Å². The quantitative estimate of drug-likeness (QED) is 0.480. The van der Waals surface area contributed by atoms with Gasteiger partial charge in [-0.2, -0.15) is 0 Å². The van der Waals surface area contributed by atoms with Crippen molar-refractivity contribution in [1.82, 2.24) is 0 Å². The van der Waals surface area contributed by atoms with Gasteiger partial charge in [0.05, 0.1) is 26.2 Å². The number of piperazine rings is 3. The molecule has 4 nitrogen and oxygen atoms in total. The van der Waals surface area contributed by atoms with Crippen molar-refractivity contribution < 1.29 is 34.9 Å². The van der Waals surface area contributed by atoms with Crippen LogP contribution in [0.2, 0.25) is 0 Å². The number of hydrogen-bond acceptors (Lipinski definition) is 0. The Bertz CT molecular complexity index is 359. The van der Waals surface area contributed by atoms with E-state index in [0.29, 0.717) is 0 Å². The highest BCUT2D eigenvalue weighted by Gasteiger charge is 2.49. The molecule has 0 radical (unpaired) electrons. The number of quaternary nitrogens is 4. The van der Waals surface area contributed by atoms with Crippen molar-refractivity contribution in [3.05, 3.63) is 0 Å². The second-order valence-electron chi connectivity index (χ2n) is 9.31. The maximum atomic E-state index is 2.40. The molecule has 148 valence electrons. The lowest BCUT2D eigenvalue weighted by Crippen LogP contribution is -3.00. The van der Waals surface area contributed by atoms with Gasteiger partial charge in [-0.25, -0.2) is 0 Å². The van der Waals surface area contributed by atoms with E-state index >= 15 is 0 Å². The summed E-state index contributed by atoms with van der Waals surface area (Å²) in [6.45, 7) is 32.3. The van der Waals surface area contributed by atoms with Gasteiger partial charge in [-0.1, -0.05) is 0 Å². The Kier molecular flexibility index (Phi) is 7.03. The number of rotatable bonds is 4. The fourth-order valence-electron chi connectivity index (χ4n) is 5.82. The van der Waals surface area contributed by atoms with Crippen LogP contribution in [0, 0.1) is 0 Å². The van der Waals surface area contributed by atoms with Gasteiger partial charge >= 0.3 is 0 Å². The molecule has 0 N–H and O–H groups in total. The van der Waals surface area contributed by atoms with Crippen molar-refractivity contribution in [2.75, 3.05) is 105 Å². The summed E-state index contributed by atoms with van der Waals surface area (Å²) in [4.78, 5) is 0. The molecular formula is C20H44BrN4+3. The summed E-state index contributed by atoms with van der Waals surface area (Å²) in [5, 5.41) is 0. The van der Waals surface area contributed by atoms with Crippen LogP contribution in [0.3, 0.4) is 0 Å². The minimum atomic E-state index is 0. The van der Waals surface area contributed by atoms with Gasteiger partial charge < -0.3 is 34.9 Å². The van der Waals surface area contributed by atoms with Crippen molar-refractivity contribution in [2.45, 2.75) is 27.7 Å². The van der Waals surface area contributed by atoms with Crippen LogP contribution in [0.4, 0.5) is 0 Å². The average molecular weight is 421 g/mol. The molecule has 3 heterocycles. The van der Waals surface area contributed by atoms with E-state index < -0.39 is 0 Å². The van der Waals surface area contributed by atoms with Crippen LogP contribution in [0.25, 0.3) is 0 Å². The molecule has 3 saturated heterocycles. The van der Waals surface area contributed by atoms with Crippen molar-refractivity contribution in [3.63, 3.8) is 0 Å². The molecule has 0 aromatic carbocycles. The zero-order valence-electron chi connectivity index (χ0n) is 17.5. The SMILES string of the molecule is CC[N+]1(CC)CC[N+]2(CC1)CC[N+]1(CC[N+](CC)(CC)CC1)CC2.[Br-]. The van der Waals surface area contributed by atoms with Crippen molar-refractivity contribution in [2.24, 2.45) is 0 Å². The first-order valence-corrected chi connectivity index (χ1v) is 10.9. The van der Waals surface area contributed by atoms with Gasteiger partial charge in [-0.15, -0.1) is 0 Å². The van der Waals surface area contributed by atoms with E-state index in [2.05, 4.69) is 27.7 Å². The van der Waals surface area contributed by atoms with E-state index in [4.69, 9.17) is 0 Å². The first kappa shape index (κ1) is 21.6. The lowest BCUT2D eigenvalue weighted by atomic mass is 10.1. The van der Waals surface area contributed by atoms with Gasteiger partial charge in [-0.05, 0) is 27.7 Å². The van der Waals surface area contributed by atoms with E-state index in [0.717, 1.165) is 0 Å². The second-order valence-corrected chi connectivity index (χ2v) is 9.31. The highest BCUT2D eigenvalue weighted by Crippen LogP contribution is 2.27. The predicted molar refractivity (Wildman–Crippen MR) is 102 cm³/mol. The molecule has 0 aromatic heterocycles. The topological polar surface area (TPSA) is 0 Å². The molecule has 25 heavy (non-hydrogen) atoms. The number of hydrogen-bond donors (Lipinski definition) is 0. The van der Waals surface area contributed by atoms with Crippen LogP contribution in [0.1, 0.15) is 27.7 Å². The maximum absolute atomic E-state index is 2.40. The summed E-state index contributed by atoms with van der Waals surface area (Å²) in [7, 11) is 0. The Labute approximate surface area is 167 Å². The monoisotopic (exact) mass is 419 g/mol. The Balaban J connectivity index is 0.00000225. The number of likely N-dealkylation sites (N-methyl/N-ethyl adjacent to an activating group) is 2. The molecule has 0 amide bonds. The van der Waals surface area contributed by atoms with Crippen LogP contribution in [-0.4, -0.2) is 123 Å². The smallest absolute Gasteiger partial charge is 0.129 e. The first-order valence-electron chi connectivity index (χ1n) is 10.9. The van der Waals surface area contributed by atoms with E-state index in [1.165, 1.54) is 123 Å². The molecule has 0 saturated carbocycles. The highest BCUT2D eigenvalue weighted by molar-refractivity contribution is 4.62. The van der Waals surface area contributed by atoms with Crippen LogP contribution in [-0.2, 0) is 0 Å². The zero-order valence-corrected chi connectivity index (χ0v) is 19.1. The molecule has 3 rings (SSSR count). The maximum Gasteiger partial charge on any atom is 0.129 e. The third-order valence-electron chi connectivity index (χ3n) is 8.98. The fraction of sp³-hybridized carbons (Fsp3) is 1.00. The molecule has 5 heteroatoms. The van der Waals surface area contributed by atoms with Crippen molar-refractivity contribution >= 4 is 0 Å². The minimum Gasteiger partial charge on any atom is -1.00 e. The largest absolute Gasteiger partial charge is 1.00 e. The molecule has 0 aromatic rings. The molecule has 0 unspecified atom stereocenters. The summed E-state index contributed by atoms with van der Waals surface area (Å²) in [5.41, 5.74) is 0. The summed E-state index contributed by atoms with van der Waals surface area (Å²) >= 11 is 0. The second kappa shape index (κ2) is 8.14. The molecule has 3 fully saturated rings. The Morgan fingerprint density at radius 2 is 0.600 bits per heavy atom. The van der Waals surface area contributed by atoms with Gasteiger partial charge in [0.2, 0.25) is 0 Å². The Morgan fingerprint density at radius 1 is 0.400 bits per heavy atom. The van der Waals surface area contributed by atoms with E-state index in [9.17, 15) is 0 Å². The standard InChI is InChI=1S/C20H44N4.BrH/c1-5-21(6-2)9-13-23(14-10-21)17-19-24(20-18-23)15-11-22(7-3,8-4)12-16-24;/h5-20H2,1-4H3;1H/q+4;/p-1. The molecule has 0 atom stereocenters. The van der Waals surface area contributed by atoms with Gasteiger partial charge in [0, 0.05) is 0 Å². The van der Waals surface area contributed by atoms with Crippen LogP contribution >= 0.6 is 0 Å². The Hall–Kier alpha value is 0.320. The Morgan fingerprint density at radius 3 is 0.800 bits per heavy atom. The number of halogens is 1. The first-order chi connectivity index (χ1) is 11.5.